The third-order valence-corrected chi connectivity index (χ3v) is 5.31. The number of nitrogens with zero attached hydrogens (tertiary/aromatic N) is 3. The molecule has 0 bridgehead atoms. The van der Waals surface area contributed by atoms with Crippen LogP contribution in [-0.4, -0.2) is 34.7 Å². The van der Waals surface area contributed by atoms with Crippen LogP contribution in [0.25, 0.3) is 0 Å². The second kappa shape index (κ2) is 8.54. The van der Waals surface area contributed by atoms with E-state index in [0.717, 1.165) is 31.9 Å². The van der Waals surface area contributed by atoms with E-state index in [1.807, 2.05) is 12.1 Å². The molecule has 6 nitrogen and oxygen atoms in total. The van der Waals surface area contributed by atoms with Crippen LogP contribution in [0.5, 0.6) is 5.75 Å². The van der Waals surface area contributed by atoms with E-state index in [-0.39, 0.29) is 0 Å². The first-order valence-corrected chi connectivity index (χ1v) is 9.69. The predicted molar refractivity (Wildman–Crippen MR) is 107 cm³/mol. The van der Waals surface area contributed by atoms with Gasteiger partial charge in [-0.3, -0.25) is 4.90 Å². The first-order chi connectivity index (χ1) is 13.7. The smallest absolute Gasteiger partial charge is 0.223 e. The van der Waals surface area contributed by atoms with E-state index in [0.29, 0.717) is 30.2 Å². The molecule has 1 saturated heterocycles. The summed E-state index contributed by atoms with van der Waals surface area (Å²) in [6.07, 6.45) is 0. The van der Waals surface area contributed by atoms with Gasteiger partial charge in [0.25, 0.3) is 0 Å². The van der Waals surface area contributed by atoms with Crippen LogP contribution in [0.3, 0.4) is 0 Å². The van der Waals surface area contributed by atoms with Gasteiger partial charge in [-0.15, -0.1) is 0 Å². The highest BCUT2D eigenvalue weighted by Gasteiger charge is 2.32. The van der Waals surface area contributed by atoms with Gasteiger partial charge < -0.3 is 15.0 Å². The van der Waals surface area contributed by atoms with Crippen molar-refractivity contribution < 1.29 is 9.26 Å². The zero-order valence-electron chi connectivity index (χ0n) is 16.1. The number of rotatable bonds is 7. The monoisotopic (exact) mass is 378 g/mol. The number of aryl methyl sites for hydroxylation is 1. The second-order valence-corrected chi connectivity index (χ2v) is 7.37. The number of nitrogens with two attached hydrogens (primary N) is 1. The van der Waals surface area contributed by atoms with Gasteiger partial charge in [0.15, 0.2) is 6.61 Å². The maximum atomic E-state index is 6.06. The molecule has 1 fully saturated rings. The molecule has 6 heteroatoms. The minimum Gasteiger partial charge on any atom is -0.485 e. The maximum Gasteiger partial charge on any atom is 0.223 e. The summed E-state index contributed by atoms with van der Waals surface area (Å²) in [5.74, 6) is 2.91. The average Bonchev–Trinajstić information content (AvgIpc) is 3.34. The summed E-state index contributed by atoms with van der Waals surface area (Å²) in [6, 6.07) is 18.9. The largest absolute Gasteiger partial charge is 0.485 e. The summed E-state index contributed by atoms with van der Waals surface area (Å²) >= 11 is 0. The fourth-order valence-electron chi connectivity index (χ4n) is 3.90. The van der Waals surface area contributed by atoms with E-state index < -0.39 is 0 Å². The van der Waals surface area contributed by atoms with Crippen LogP contribution in [0.4, 0.5) is 0 Å². The molecule has 0 unspecified atom stereocenters. The normalized spacial score (nSPS) is 19.8. The van der Waals surface area contributed by atoms with E-state index >= 15 is 0 Å². The van der Waals surface area contributed by atoms with Gasteiger partial charge in [0.2, 0.25) is 11.7 Å². The first kappa shape index (κ1) is 18.7. The lowest BCUT2D eigenvalue weighted by Crippen LogP contribution is -2.23. The Hall–Kier alpha value is -2.70. The van der Waals surface area contributed by atoms with Gasteiger partial charge in [-0.2, -0.15) is 4.98 Å². The molecule has 146 valence electrons. The summed E-state index contributed by atoms with van der Waals surface area (Å²) in [5, 5.41) is 3.84. The van der Waals surface area contributed by atoms with E-state index in [4.69, 9.17) is 15.0 Å². The molecule has 2 N–H and O–H groups in total. The molecule has 0 spiro atoms. The van der Waals surface area contributed by atoms with Gasteiger partial charge in [0.1, 0.15) is 5.75 Å². The molecular weight excluding hydrogens is 352 g/mol. The Morgan fingerprint density at radius 1 is 1.11 bits per heavy atom. The SMILES string of the molecule is Cc1nc(COc2ccc(CN3C[C@@H](CN)[C@H](c4ccccc4)C3)cc2)no1. The topological polar surface area (TPSA) is 77.4 Å². The van der Waals surface area contributed by atoms with Crippen molar-refractivity contribution in [3.63, 3.8) is 0 Å². The Bertz CT molecular complexity index is 879. The quantitative estimate of drug-likeness (QED) is 0.681. The van der Waals surface area contributed by atoms with Gasteiger partial charge in [0, 0.05) is 32.5 Å². The maximum absolute atomic E-state index is 6.06. The van der Waals surface area contributed by atoms with E-state index in [2.05, 4.69) is 57.5 Å². The number of hydrogen-bond acceptors (Lipinski definition) is 6. The summed E-state index contributed by atoms with van der Waals surface area (Å²) in [4.78, 5) is 6.63. The minimum absolute atomic E-state index is 0.305. The van der Waals surface area contributed by atoms with Crippen LogP contribution in [0, 0.1) is 12.8 Å². The lowest BCUT2D eigenvalue weighted by atomic mass is 9.89. The van der Waals surface area contributed by atoms with Crippen LogP contribution >= 0.6 is 0 Å². The molecule has 1 aromatic heterocycles. The molecule has 0 amide bonds. The van der Waals surface area contributed by atoms with E-state index in [1.165, 1.54) is 11.1 Å². The fourth-order valence-corrected chi connectivity index (χ4v) is 3.90. The van der Waals surface area contributed by atoms with Crippen LogP contribution < -0.4 is 10.5 Å². The van der Waals surface area contributed by atoms with Crippen LogP contribution in [0.1, 0.15) is 28.8 Å². The van der Waals surface area contributed by atoms with Gasteiger partial charge in [-0.25, -0.2) is 0 Å². The number of ether oxygens (including phenoxy) is 1. The van der Waals surface area contributed by atoms with Gasteiger partial charge in [-0.05, 0) is 35.7 Å². The van der Waals surface area contributed by atoms with Crippen molar-refractivity contribution in [2.24, 2.45) is 11.7 Å². The molecule has 1 aliphatic rings. The van der Waals surface area contributed by atoms with Crippen molar-refractivity contribution in [2.75, 3.05) is 19.6 Å². The molecule has 2 atom stereocenters. The van der Waals surface area contributed by atoms with Crippen molar-refractivity contribution in [2.45, 2.75) is 26.0 Å². The Kier molecular flexibility index (Phi) is 5.69. The van der Waals surface area contributed by atoms with E-state index in [1.54, 1.807) is 6.92 Å². The highest BCUT2D eigenvalue weighted by atomic mass is 16.5. The average molecular weight is 378 g/mol. The zero-order valence-corrected chi connectivity index (χ0v) is 16.1. The third kappa shape index (κ3) is 4.40. The zero-order chi connectivity index (χ0) is 19.3. The van der Waals surface area contributed by atoms with Crippen molar-refractivity contribution in [3.05, 3.63) is 77.4 Å². The highest BCUT2D eigenvalue weighted by Crippen LogP contribution is 2.32. The number of hydrogen-bond donors (Lipinski definition) is 1. The number of likely N-dealkylation sites (tertiary alicyclic amines) is 1. The third-order valence-electron chi connectivity index (χ3n) is 5.31. The first-order valence-electron chi connectivity index (χ1n) is 9.69. The summed E-state index contributed by atoms with van der Waals surface area (Å²) in [7, 11) is 0. The second-order valence-electron chi connectivity index (χ2n) is 7.37. The van der Waals surface area contributed by atoms with Crippen LogP contribution in [0.15, 0.2) is 59.1 Å². The Labute approximate surface area is 165 Å². The van der Waals surface area contributed by atoms with Crippen LogP contribution in [0.2, 0.25) is 0 Å². The Balaban J connectivity index is 1.34. The highest BCUT2D eigenvalue weighted by molar-refractivity contribution is 5.28. The van der Waals surface area contributed by atoms with Gasteiger partial charge >= 0.3 is 0 Å². The minimum atomic E-state index is 0.305. The lowest BCUT2D eigenvalue weighted by molar-refractivity contribution is 0.285. The van der Waals surface area contributed by atoms with Crippen LogP contribution in [-0.2, 0) is 13.2 Å². The molecule has 0 radical (unpaired) electrons. The van der Waals surface area contributed by atoms with Gasteiger partial charge in [0.05, 0.1) is 0 Å². The molecule has 2 aromatic carbocycles. The fraction of sp³-hybridized carbons (Fsp3) is 0.364. The molecule has 3 aromatic rings. The molecule has 0 aliphatic carbocycles. The molecule has 0 saturated carbocycles. The molecule has 4 rings (SSSR count). The molecule has 2 heterocycles. The lowest BCUT2D eigenvalue weighted by Gasteiger charge is -2.17. The number of benzene rings is 2. The molecule has 28 heavy (non-hydrogen) atoms. The van der Waals surface area contributed by atoms with Crippen molar-refractivity contribution in [1.29, 1.82) is 0 Å². The molecule has 1 aliphatic heterocycles. The standard InChI is InChI=1S/C22H26N4O2/c1-16-24-22(25-28-16)15-27-20-9-7-17(8-10-20)12-26-13-19(11-23)21(14-26)18-5-3-2-4-6-18/h2-10,19,21H,11-15,23H2,1H3/t19-,21+/m1/s1. The summed E-state index contributed by atoms with van der Waals surface area (Å²) < 4.78 is 10.7. The predicted octanol–water partition coefficient (Wildman–Crippen LogP) is 3.13. The summed E-state index contributed by atoms with van der Waals surface area (Å²) in [6.45, 7) is 5.79. The van der Waals surface area contributed by atoms with E-state index in [9.17, 15) is 0 Å². The molecular formula is C22H26N4O2. The summed E-state index contributed by atoms with van der Waals surface area (Å²) in [5.41, 5.74) is 8.72. The Morgan fingerprint density at radius 2 is 1.89 bits per heavy atom. The Morgan fingerprint density at radius 3 is 2.57 bits per heavy atom. The van der Waals surface area contributed by atoms with Crippen molar-refractivity contribution in [1.82, 2.24) is 15.0 Å². The van der Waals surface area contributed by atoms with Crippen molar-refractivity contribution >= 4 is 0 Å². The van der Waals surface area contributed by atoms with Crippen molar-refractivity contribution in [3.8, 4) is 5.75 Å². The number of aromatic nitrogens is 2. The van der Waals surface area contributed by atoms with Gasteiger partial charge in [-0.1, -0.05) is 47.6 Å².